The molecule has 152 valence electrons. The van der Waals surface area contributed by atoms with Crippen LogP contribution in [0.25, 0.3) is 0 Å². The first-order chi connectivity index (χ1) is 13.8. The van der Waals surface area contributed by atoms with Gasteiger partial charge in [0.2, 0.25) is 0 Å². The summed E-state index contributed by atoms with van der Waals surface area (Å²) in [5.74, 6) is 2.83. The highest BCUT2D eigenvalue weighted by Gasteiger charge is 2.21. The van der Waals surface area contributed by atoms with E-state index in [-0.39, 0.29) is 0 Å². The van der Waals surface area contributed by atoms with Crippen molar-refractivity contribution in [2.75, 3.05) is 65.0 Å². The van der Waals surface area contributed by atoms with Gasteiger partial charge in [0.05, 0.1) is 32.2 Å². The van der Waals surface area contributed by atoms with E-state index in [1.165, 1.54) is 0 Å². The lowest BCUT2D eigenvalue weighted by Gasteiger charge is -2.38. The normalized spacial score (nSPS) is 15.0. The minimum Gasteiger partial charge on any atom is -0.495 e. The fraction of sp³-hybridized carbons (Fsp3) is 0.476. The second-order valence-electron chi connectivity index (χ2n) is 6.60. The van der Waals surface area contributed by atoms with Gasteiger partial charge in [0, 0.05) is 46.3 Å². The summed E-state index contributed by atoms with van der Waals surface area (Å²) in [6.45, 7) is 5.69. The summed E-state index contributed by atoms with van der Waals surface area (Å²) in [6.07, 6.45) is 2.54. The first-order valence-electron chi connectivity index (χ1n) is 9.74. The number of rotatable bonds is 8. The molecule has 1 aromatic carbocycles. The molecule has 0 radical (unpaired) electrons. The van der Waals surface area contributed by atoms with E-state index < -0.39 is 0 Å². The molecule has 0 amide bonds. The highest BCUT2D eigenvalue weighted by atomic mass is 16.5. The Labute approximate surface area is 166 Å². The van der Waals surface area contributed by atoms with E-state index in [2.05, 4.69) is 27.2 Å². The van der Waals surface area contributed by atoms with Gasteiger partial charge in [-0.15, -0.1) is 0 Å². The van der Waals surface area contributed by atoms with E-state index in [0.717, 1.165) is 62.3 Å². The zero-order chi connectivity index (χ0) is 19.6. The number of benzene rings is 1. The molecule has 1 saturated heterocycles. The molecule has 1 fully saturated rings. The average molecular weight is 386 g/mol. The van der Waals surface area contributed by atoms with Crippen molar-refractivity contribution in [2.24, 2.45) is 4.99 Å². The summed E-state index contributed by atoms with van der Waals surface area (Å²) in [5.41, 5.74) is 1.15. The molecule has 3 rings (SSSR count). The van der Waals surface area contributed by atoms with Crippen LogP contribution in [0.4, 0.5) is 5.69 Å². The van der Waals surface area contributed by atoms with Crippen LogP contribution in [-0.2, 0) is 11.2 Å². The zero-order valence-corrected chi connectivity index (χ0v) is 16.8. The number of anilines is 1. The van der Waals surface area contributed by atoms with Gasteiger partial charge in [0.15, 0.2) is 5.96 Å². The largest absolute Gasteiger partial charge is 0.495 e. The van der Waals surface area contributed by atoms with Crippen LogP contribution in [0.5, 0.6) is 5.75 Å². The van der Waals surface area contributed by atoms with Gasteiger partial charge in [-0.05, 0) is 24.3 Å². The van der Waals surface area contributed by atoms with Crippen molar-refractivity contribution in [1.82, 2.24) is 10.2 Å². The summed E-state index contributed by atoms with van der Waals surface area (Å²) in [6, 6.07) is 12.1. The molecule has 0 spiro atoms. The number of hydrogen-bond donors (Lipinski definition) is 1. The summed E-state index contributed by atoms with van der Waals surface area (Å²) in [5, 5.41) is 3.48. The molecule has 2 heterocycles. The Morgan fingerprint density at radius 1 is 1.11 bits per heavy atom. The van der Waals surface area contributed by atoms with Gasteiger partial charge in [-0.1, -0.05) is 12.1 Å². The van der Waals surface area contributed by atoms with E-state index in [9.17, 15) is 0 Å². The minimum atomic E-state index is 0.616. The van der Waals surface area contributed by atoms with Crippen LogP contribution in [0.2, 0.25) is 0 Å². The van der Waals surface area contributed by atoms with Crippen LogP contribution in [0.1, 0.15) is 5.76 Å². The van der Waals surface area contributed by atoms with Crippen LogP contribution in [0.3, 0.4) is 0 Å². The Hall–Kier alpha value is -2.67. The lowest BCUT2D eigenvalue weighted by atomic mass is 10.2. The molecule has 0 aliphatic carbocycles. The molecule has 7 nitrogen and oxygen atoms in total. The third-order valence-corrected chi connectivity index (χ3v) is 4.80. The molecule has 2 aromatic rings. The molecule has 0 saturated carbocycles. The fourth-order valence-electron chi connectivity index (χ4n) is 3.31. The summed E-state index contributed by atoms with van der Waals surface area (Å²) < 4.78 is 16.1. The predicted molar refractivity (Wildman–Crippen MR) is 111 cm³/mol. The number of piperazine rings is 1. The van der Waals surface area contributed by atoms with Gasteiger partial charge in [-0.25, -0.2) is 0 Å². The maximum absolute atomic E-state index is 5.51. The van der Waals surface area contributed by atoms with E-state index in [1.807, 2.05) is 24.3 Å². The standard InChI is InChI=1S/C21H30N4O3/c1-26-17-11-23-21(22-10-9-18-6-5-16-28-18)25-14-12-24(13-15-25)19-7-3-4-8-20(19)27-2/h3-8,16H,9-15,17H2,1-2H3,(H,22,23). The summed E-state index contributed by atoms with van der Waals surface area (Å²) in [4.78, 5) is 9.40. The molecule has 1 N–H and O–H groups in total. The van der Waals surface area contributed by atoms with Gasteiger partial charge in [-0.2, -0.15) is 0 Å². The second kappa shape index (κ2) is 10.6. The highest BCUT2D eigenvalue weighted by Crippen LogP contribution is 2.28. The third kappa shape index (κ3) is 5.42. The first-order valence-corrected chi connectivity index (χ1v) is 9.74. The maximum atomic E-state index is 5.51. The van der Waals surface area contributed by atoms with Crippen molar-refractivity contribution < 1.29 is 13.9 Å². The van der Waals surface area contributed by atoms with E-state index >= 15 is 0 Å². The Kier molecular flexibility index (Phi) is 7.61. The molecular formula is C21H30N4O3. The Morgan fingerprint density at radius 2 is 1.93 bits per heavy atom. The van der Waals surface area contributed by atoms with Gasteiger partial charge < -0.3 is 29.0 Å². The van der Waals surface area contributed by atoms with Crippen molar-refractivity contribution in [3.8, 4) is 5.75 Å². The average Bonchev–Trinajstić information content (AvgIpc) is 3.26. The van der Waals surface area contributed by atoms with Crippen LogP contribution in [-0.4, -0.2) is 71.0 Å². The highest BCUT2D eigenvalue weighted by molar-refractivity contribution is 5.80. The topological polar surface area (TPSA) is 62.5 Å². The SMILES string of the molecule is COCCN=C(NCCc1ccco1)N1CCN(c2ccccc2OC)CC1. The maximum Gasteiger partial charge on any atom is 0.194 e. The van der Waals surface area contributed by atoms with Crippen LogP contribution >= 0.6 is 0 Å². The third-order valence-electron chi connectivity index (χ3n) is 4.80. The van der Waals surface area contributed by atoms with Crippen molar-refractivity contribution >= 4 is 11.6 Å². The fourth-order valence-corrected chi connectivity index (χ4v) is 3.31. The van der Waals surface area contributed by atoms with Crippen LogP contribution < -0.4 is 15.0 Å². The number of aliphatic imine (C=N–C) groups is 1. The number of nitrogens with zero attached hydrogens (tertiary/aromatic N) is 3. The molecule has 0 bridgehead atoms. The zero-order valence-electron chi connectivity index (χ0n) is 16.8. The van der Waals surface area contributed by atoms with Gasteiger partial charge in [0.25, 0.3) is 0 Å². The molecule has 1 aromatic heterocycles. The predicted octanol–water partition coefficient (Wildman–Crippen LogP) is 2.24. The van der Waals surface area contributed by atoms with Crippen molar-refractivity contribution in [1.29, 1.82) is 0 Å². The Balaban J connectivity index is 1.57. The van der Waals surface area contributed by atoms with Crippen LogP contribution in [0, 0.1) is 0 Å². The Bertz CT molecular complexity index is 725. The quantitative estimate of drug-likeness (QED) is 0.427. The number of hydrogen-bond acceptors (Lipinski definition) is 5. The van der Waals surface area contributed by atoms with Gasteiger partial charge in [0.1, 0.15) is 11.5 Å². The number of guanidine groups is 1. The number of methoxy groups -OCH3 is 2. The van der Waals surface area contributed by atoms with Gasteiger partial charge >= 0.3 is 0 Å². The number of ether oxygens (including phenoxy) is 2. The van der Waals surface area contributed by atoms with E-state index in [1.54, 1.807) is 20.5 Å². The summed E-state index contributed by atoms with van der Waals surface area (Å²) in [7, 11) is 3.42. The number of para-hydroxylation sites is 2. The lowest BCUT2D eigenvalue weighted by Crippen LogP contribution is -2.53. The first kappa shape index (κ1) is 20.1. The van der Waals surface area contributed by atoms with Crippen molar-refractivity contribution in [3.05, 3.63) is 48.4 Å². The molecule has 0 atom stereocenters. The monoisotopic (exact) mass is 386 g/mol. The molecule has 7 heteroatoms. The molecule has 1 aliphatic heterocycles. The van der Waals surface area contributed by atoms with E-state index in [4.69, 9.17) is 18.9 Å². The molecule has 28 heavy (non-hydrogen) atoms. The smallest absolute Gasteiger partial charge is 0.194 e. The lowest BCUT2D eigenvalue weighted by molar-refractivity contribution is 0.207. The number of furan rings is 1. The molecular weight excluding hydrogens is 356 g/mol. The number of nitrogens with one attached hydrogen (secondary N) is 1. The molecule has 1 aliphatic rings. The Morgan fingerprint density at radius 3 is 2.64 bits per heavy atom. The van der Waals surface area contributed by atoms with Crippen molar-refractivity contribution in [2.45, 2.75) is 6.42 Å². The van der Waals surface area contributed by atoms with E-state index in [0.29, 0.717) is 13.2 Å². The van der Waals surface area contributed by atoms with Gasteiger partial charge in [-0.3, -0.25) is 4.99 Å². The van der Waals surface area contributed by atoms with Crippen molar-refractivity contribution in [3.63, 3.8) is 0 Å². The van der Waals surface area contributed by atoms with Crippen LogP contribution in [0.15, 0.2) is 52.1 Å². The second-order valence-corrected chi connectivity index (χ2v) is 6.60. The minimum absolute atomic E-state index is 0.616. The summed E-state index contributed by atoms with van der Waals surface area (Å²) >= 11 is 0. The molecule has 0 unspecified atom stereocenters.